The zero-order valence-corrected chi connectivity index (χ0v) is 12.5. The molecule has 0 spiro atoms. The molecular weight excluding hydrogens is 278 g/mol. The van der Waals surface area contributed by atoms with Crippen molar-refractivity contribution in [2.75, 3.05) is 19.8 Å². The van der Waals surface area contributed by atoms with E-state index in [1.807, 2.05) is 6.07 Å². The lowest BCUT2D eigenvalue weighted by molar-refractivity contribution is 0.110. The Kier molecular flexibility index (Phi) is 6.78. The summed E-state index contributed by atoms with van der Waals surface area (Å²) in [6, 6.07) is 8.74. The first-order valence-corrected chi connectivity index (χ1v) is 6.95. The minimum Gasteiger partial charge on any atom is -0.380 e. The van der Waals surface area contributed by atoms with Crippen molar-refractivity contribution in [1.82, 2.24) is 5.32 Å². The Labute approximate surface area is 113 Å². The molecule has 1 aromatic carbocycles. The van der Waals surface area contributed by atoms with E-state index in [0.29, 0.717) is 12.0 Å². The number of ether oxygens (including phenoxy) is 1. The highest BCUT2D eigenvalue weighted by Gasteiger charge is 2.04. The molecule has 1 atom stereocenters. The fraction of sp³-hybridized carbons (Fsp3) is 0.571. The van der Waals surface area contributed by atoms with Crippen molar-refractivity contribution in [2.24, 2.45) is 5.92 Å². The van der Waals surface area contributed by atoms with Gasteiger partial charge in [0.25, 0.3) is 0 Å². The zero-order chi connectivity index (χ0) is 12.7. The van der Waals surface area contributed by atoms with E-state index in [-0.39, 0.29) is 0 Å². The summed E-state index contributed by atoms with van der Waals surface area (Å²) in [5, 5.41) is 3.45. The molecule has 0 aliphatic rings. The molecule has 2 nitrogen and oxygen atoms in total. The third-order valence-corrected chi connectivity index (χ3v) is 2.99. The first-order chi connectivity index (χ1) is 8.09. The SMILES string of the molecule is CC(C)COCCN[C@@H](C)c1cccc(Br)c1. The van der Waals surface area contributed by atoms with Crippen LogP contribution >= 0.6 is 15.9 Å². The monoisotopic (exact) mass is 299 g/mol. The standard InChI is InChI=1S/C14H22BrNO/c1-11(2)10-17-8-7-16-12(3)13-5-4-6-14(15)9-13/h4-6,9,11-12,16H,7-8,10H2,1-3H3/t12-/m0/s1. The Morgan fingerprint density at radius 2 is 2.06 bits per heavy atom. The zero-order valence-electron chi connectivity index (χ0n) is 10.9. The molecule has 0 heterocycles. The molecule has 3 heteroatoms. The third-order valence-electron chi connectivity index (χ3n) is 2.50. The highest BCUT2D eigenvalue weighted by Crippen LogP contribution is 2.17. The molecule has 96 valence electrons. The van der Waals surface area contributed by atoms with Gasteiger partial charge >= 0.3 is 0 Å². The molecule has 1 aromatic rings. The molecule has 1 N–H and O–H groups in total. The second-order valence-electron chi connectivity index (χ2n) is 4.70. The second kappa shape index (κ2) is 7.85. The van der Waals surface area contributed by atoms with Crippen molar-refractivity contribution in [2.45, 2.75) is 26.8 Å². The Balaban J connectivity index is 2.23. The molecule has 0 radical (unpaired) electrons. The Bertz CT molecular complexity index is 328. The van der Waals surface area contributed by atoms with Crippen molar-refractivity contribution < 1.29 is 4.74 Å². The summed E-state index contributed by atoms with van der Waals surface area (Å²) < 4.78 is 6.66. The van der Waals surface area contributed by atoms with Crippen molar-refractivity contribution in [3.05, 3.63) is 34.3 Å². The maximum atomic E-state index is 5.53. The number of hydrogen-bond acceptors (Lipinski definition) is 2. The van der Waals surface area contributed by atoms with Crippen LogP contribution in [0.5, 0.6) is 0 Å². The lowest BCUT2D eigenvalue weighted by Crippen LogP contribution is -2.23. The molecule has 0 saturated carbocycles. The normalized spacial score (nSPS) is 13.0. The van der Waals surface area contributed by atoms with Gasteiger partial charge < -0.3 is 10.1 Å². The van der Waals surface area contributed by atoms with Crippen LogP contribution in [0.1, 0.15) is 32.4 Å². The number of hydrogen-bond donors (Lipinski definition) is 1. The van der Waals surface area contributed by atoms with E-state index in [9.17, 15) is 0 Å². The number of nitrogens with one attached hydrogen (secondary N) is 1. The van der Waals surface area contributed by atoms with Gasteiger partial charge in [0.15, 0.2) is 0 Å². The predicted molar refractivity (Wildman–Crippen MR) is 76.2 cm³/mol. The van der Waals surface area contributed by atoms with Crippen LogP contribution in [0, 0.1) is 5.92 Å². The lowest BCUT2D eigenvalue weighted by atomic mass is 10.1. The number of rotatable bonds is 7. The second-order valence-corrected chi connectivity index (χ2v) is 5.62. The molecule has 0 saturated heterocycles. The fourth-order valence-corrected chi connectivity index (χ4v) is 1.98. The van der Waals surface area contributed by atoms with E-state index in [0.717, 1.165) is 24.2 Å². The van der Waals surface area contributed by atoms with E-state index in [1.54, 1.807) is 0 Å². The van der Waals surface area contributed by atoms with E-state index >= 15 is 0 Å². The first-order valence-electron chi connectivity index (χ1n) is 6.16. The molecule has 0 bridgehead atoms. The fourth-order valence-electron chi connectivity index (χ4n) is 1.56. The van der Waals surface area contributed by atoms with Gasteiger partial charge in [-0.1, -0.05) is 41.9 Å². The minimum absolute atomic E-state index is 0.357. The molecular formula is C14H22BrNO. The largest absolute Gasteiger partial charge is 0.380 e. The van der Waals surface area contributed by atoms with E-state index in [4.69, 9.17) is 4.74 Å². The smallest absolute Gasteiger partial charge is 0.0591 e. The molecule has 0 aromatic heterocycles. The maximum absolute atomic E-state index is 5.53. The van der Waals surface area contributed by atoms with Crippen molar-refractivity contribution in [3.63, 3.8) is 0 Å². The topological polar surface area (TPSA) is 21.3 Å². The highest BCUT2D eigenvalue weighted by molar-refractivity contribution is 9.10. The summed E-state index contributed by atoms with van der Waals surface area (Å²) in [6.45, 7) is 9.00. The van der Waals surface area contributed by atoms with Gasteiger partial charge in [-0.3, -0.25) is 0 Å². The number of halogens is 1. The minimum atomic E-state index is 0.357. The van der Waals surface area contributed by atoms with Gasteiger partial charge in [-0.25, -0.2) is 0 Å². The van der Waals surface area contributed by atoms with E-state index < -0.39 is 0 Å². The third kappa shape index (κ3) is 6.20. The van der Waals surface area contributed by atoms with Gasteiger partial charge in [0.2, 0.25) is 0 Å². The molecule has 0 unspecified atom stereocenters. The van der Waals surface area contributed by atoms with Crippen LogP contribution in [-0.4, -0.2) is 19.8 Å². The Morgan fingerprint density at radius 1 is 1.29 bits per heavy atom. The molecule has 0 aliphatic heterocycles. The predicted octanol–water partition coefficient (Wildman–Crippen LogP) is 3.77. The van der Waals surface area contributed by atoms with Crippen LogP contribution in [0.2, 0.25) is 0 Å². The summed E-state index contributed by atoms with van der Waals surface area (Å²) in [6.07, 6.45) is 0. The average molecular weight is 300 g/mol. The van der Waals surface area contributed by atoms with Gasteiger partial charge in [0, 0.05) is 23.7 Å². The molecule has 17 heavy (non-hydrogen) atoms. The molecule has 0 fully saturated rings. The van der Waals surface area contributed by atoms with Crippen molar-refractivity contribution in [3.8, 4) is 0 Å². The van der Waals surface area contributed by atoms with Crippen LogP contribution in [0.3, 0.4) is 0 Å². The molecule has 1 rings (SSSR count). The molecule has 0 amide bonds. The summed E-state index contributed by atoms with van der Waals surface area (Å²) in [5.74, 6) is 0.609. The molecule has 0 aliphatic carbocycles. The van der Waals surface area contributed by atoms with Crippen LogP contribution in [0.4, 0.5) is 0 Å². The van der Waals surface area contributed by atoms with Crippen molar-refractivity contribution in [1.29, 1.82) is 0 Å². The van der Waals surface area contributed by atoms with Crippen molar-refractivity contribution >= 4 is 15.9 Å². The summed E-state index contributed by atoms with van der Waals surface area (Å²) in [7, 11) is 0. The van der Waals surface area contributed by atoms with E-state index in [1.165, 1.54) is 5.56 Å². The van der Waals surface area contributed by atoms with Gasteiger partial charge in [0.05, 0.1) is 6.61 Å². The van der Waals surface area contributed by atoms with Crippen LogP contribution in [0.25, 0.3) is 0 Å². The quantitative estimate of drug-likeness (QED) is 0.774. The summed E-state index contributed by atoms with van der Waals surface area (Å²) in [5.41, 5.74) is 1.29. The van der Waals surface area contributed by atoms with Crippen LogP contribution in [-0.2, 0) is 4.74 Å². The maximum Gasteiger partial charge on any atom is 0.0591 e. The lowest BCUT2D eigenvalue weighted by Gasteiger charge is -2.15. The van der Waals surface area contributed by atoms with Gasteiger partial charge in [-0.05, 0) is 30.5 Å². The Hall–Kier alpha value is -0.380. The van der Waals surface area contributed by atoms with E-state index in [2.05, 4.69) is 60.2 Å². The Morgan fingerprint density at radius 3 is 2.71 bits per heavy atom. The number of benzene rings is 1. The summed E-state index contributed by atoms with van der Waals surface area (Å²) in [4.78, 5) is 0. The van der Waals surface area contributed by atoms with Gasteiger partial charge in [-0.15, -0.1) is 0 Å². The first kappa shape index (κ1) is 14.7. The van der Waals surface area contributed by atoms with Crippen LogP contribution < -0.4 is 5.32 Å². The highest BCUT2D eigenvalue weighted by atomic mass is 79.9. The van der Waals surface area contributed by atoms with Crippen LogP contribution in [0.15, 0.2) is 28.7 Å². The average Bonchev–Trinajstić information content (AvgIpc) is 2.28. The van der Waals surface area contributed by atoms with Gasteiger partial charge in [-0.2, -0.15) is 0 Å². The van der Waals surface area contributed by atoms with Gasteiger partial charge in [0.1, 0.15) is 0 Å². The summed E-state index contributed by atoms with van der Waals surface area (Å²) >= 11 is 3.49.